The Morgan fingerprint density at radius 3 is 1.31 bits per heavy atom. The molecular weight excluding hydrogens is 604 g/mol. The highest BCUT2D eigenvalue weighted by atomic mass is 16.6. The second-order valence-corrected chi connectivity index (χ2v) is 15.9. The van der Waals surface area contributed by atoms with Crippen LogP contribution in [0.5, 0.6) is 0 Å². The third-order valence-corrected chi connectivity index (χ3v) is 9.96. The highest BCUT2D eigenvalue weighted by Gasteiger charge is 2.57. The largest absolute Gasteiger partial charge is 0.444 e. The maximum absolute atomic E-state index is 13.0. The number of benzene rings is 2. The highest BCUT2D eigenvalue weighted by Crippen LogP contribution is 2.54. The molecule has 2 aliphatic heterocycles. The van der Waals surface area contributed by atoms with Gasteiger partial charge in [-0.05, 0) is 101 Å². The zero-order valence-electron chi connectivity index (χ0n) is 28.5. The number of amides is 2. The predicted octanol–water partition coefficient (Wildman–Crippen LogP) is 8.27. The maximum atomic E-state index is 13.0. The second kappa shape index (κ2) is 11.0. The third kappa shape index (κ3) is 5.86. The van der Waals surface area contributed by atoms with Crippen LogP contribution >= 0.6 is 0 Å². The summed E-state index contributed by atoms with van der Waals surface area (Å²) in [6.07, 6.45) is 7.12. The van der Waals surface area contributed by atoms with Crippen molar-refractivity contribution in [3.05, 3.63) is 72.6 Å². The zero-order chi connectivity index (χ0) is 33.5. The smallest absolute Gasteiger partial charge is 0.411 e. The summed E-state index contributed by atoms with van der Waals surface area (Å²) in [7, 11) is 0. The van der Waals surface area contributed by atoms with Crippen molar-refractivity contribution in [2.24, 2.45) is 11.8 Å². The molecule has 10 heteroatoms. The van der Waals surface area contributed by atoms with E-state index in [1.54, 1.807) is 0 Å². The molecule has 2 aromatic carbocycles. The van der Waals surface area contributed by atoms with Crippen LogP contribution in [0.2, 0.25) is 0 Å². The quantitative estimate of drug-likeness (QED) is 0.225. The number of fused-ring (bicyclic) bond motifs is 2. The van der Waals surface area contributed by atoms with Crippen molar-refractivity contribution in [2.45, 2.75) is 103 Å². The summed E-state index contributed by atoms with van der Waals surface area (Å²) < 4.78 is 11.4. The van der Waals surface area contributed by atoms with Gasteiger partial charge < -0.3 is 19.4 Å². The fraction of sp³-hybridized carbons (Fsp3) is 0.474. The van der Waals surface area contributed by atoms with Gasteiger partial charge in [-0.25, -0.2) is 19.6 Å². The summed E-state index contributed by atoms with van der Waals surface area (Å²) in [5.74, 6) is 2.69. The number of H-pyrrole nitrogens is 2. The van der Waals surface area contributed by atoms with Crippen LogP contribution in [0.3, 0.4) is 0 Å². The first-order chi connectivity index (χ1) is 22.8. The number of carbonyl (C=O) groups is 2. The van der Waals surface area contributed by atoms with Crippen molar-refractivity contribution in [3.63, 3.8) is 0 Å². The number of likely N-dealkylation sites (tertiary alicyclic amines) is 2. The first-order valence-electron chi connectivity index (χ1n) is 17.1. The summed E-state index contributed by atoms with van der Waals surface area (Å²) in [5.41, 5.74) is 5.09. The van der Waals surface area contributed by atoms with Crippen LogP contribution < -0.4 is 0 Å². The van der Waals surface area contributed by atoms with Gasteiger partial charge in [0.15, 0.2) is 0 Å². The monoisotopic (exact) mass is 648 g/mol. The van der Waals surface area contributed by atoms with Gasteiger partial charge in [0, 0.05) is 12.1 Å². The minimum Gasteiger partial charge on any atom is -0.444 e. The fourth-order valence-electron chi connectivity index (χ4n) is 7.55. The van der Waals surface area contributed by atoms with Crippen LogP contribution in [0, 0.1) is 11.8 Å². The number of carbonyl (C=O) groups excluding carboxylic acids is 2. The Labute approximate surface area is 281 Å². The van der Waals surface area contributed by atoms with Crippen LogP contribution in [0.4, 0.5) is 9.59 Å². The average molecular weight is 649 g/mol. The summed E-state index contributed by atoms with van der Waals surface area (Å²) >= 11 is 0. The molecule has 2 saturated heterocycles. The first kappa shape index (κ1) is 30.7. The SMILES string of the molecule is CC(C)(C)OC(=O)N1C(c2ncc(-c3ccc(-c4ccc(-c5cnc(C6CC7C[C@@H]7N6C(=O)OC(C)(C)C)[nH]5)cc4)cc3)[nH]2)CC2C[C@@H]21. The van der Waals surface area contributed by atoms with Gasteiger partial charge in [0.05, 0.1) is 35.9 Å². The van der Waals surface area contributed by atoms with Crippen molar-refractivity contribution in [2.75, 3.05) is 0 Å². The van der Waals surface area contributed by atoms with E-state index in [1.165, 1.54) is 0 Å². The molecule has 0 bridgehead atoms. The Morgan fingerprint density at radius 1 is 0.604 bits per heavy atom. The van der Waals surface area contributed by atoms with Crippen LogP contribution in [-0.2, 0) is 9.47 Å². The van der Waals surface area contributed by atoms with Gasteiger partial charge in [-0.3, -0.25) is 9.80 Å². The molecular formula is C38H44N6O4. The third-order valence-electron chi connectivity index (χ3n) is 9.96. The van der Waals surface area contributed by atoms with E-state index < -0.39 is 11.2 Å². The van der Waals surface area contributed by atoms with Crippen molar-refractivity contribution < 1.29 is 19.1 Å². The molecule has 48 heavy (non-hydrogen) atoms. The van der Waals surface area contributed by atoms with Crippen molar-refractivity contribution >= 4 is 12.2 Å². The van der Waals surface area contributed by atoms with E-state index in [0.29, 0.717) is 11.8 Å². The lowest BCUT2D eigenvalue weighted by molar-refractivity contribution is 0.0164. The number of nitrogens with one attached hydrogen (secondary N) is 2. The minimum atomic E-state index is -0.532. The fourth-order valence-corrected chi connectivity index (χ4v) is 7.55. The Hall–Kier alpha value is -4.60. The molecule has 10 nitrogen and oxygen atoms in total. The lowest BCUT2D eigenvalue weighted by atomic mass is 10.0. The Bertz CT molecular complexity index is 1710. The average Bonchev–Trinajstić information content (AvgIpc) is 3.62. The number of piperidine rings is 2. The molecule has 2 amide bonds. The van der Waals surface area contributed by atoms with Crippen LogP contribution in [-0.4, -0.2) is 65.2 Å². The van der Waals surface area contributed by atoms with Gasteiger partial charge >= 0.3 is 12.2 Å². The number of hydrogen-bond acceptors (Lipinski definition) is 6. The van der Waals surface area contributed by atoms with Gasteiger partial charge in [0.1, 0.15) is 22.9 Å². The number of hydrogen-bond donors (Lipinski definition) is 2. The van der Waals surface area contributed by atoms with Crippen LogP contribution in [0.1, 0.15) is 91.0 Å². The van der Waals surface area contributed by atoms with Gasteiger partial charge in [-0.2, -0.15) is 0 Å². The van der Waals surface area contributed by atoms with E-state index in [2.05, 4.69) is 58.5 Å². The van der Waals surface area contributed by atoms with Crippen molar-refractivity contribution in [3.8, 4) is 33.6 Å². The molecule has 2 N–H and O–H groups in total. The first-order valence-corrected chi connectivity index (χ1v) is 17.1. The molecule has 4 aliphatic rings. The van der Waals surface area contributed by atoms with E-state index in [0.717, 1.165) is 71.0 Å². The number of imidazole rings is 2. The summed E-state index contributed by atoms with van der Waals surface area (Å²) in [6, 6.07) is 17.2. The topological polar surface area (TPSA) is 116 Å². The molecule has 6 atom stereocenters. The van der Waals surface area contributed by atoms with Gasteiger partial charge in [-0.1, -0.05) is 48.5 Å². The van der Waals surface area contributed by atoms with E-state index in [1.807, 2.05) is 63.7 Å². The van der Waals surface area contributed by atoms with Gasteiger partial charge in [0.25, 0.3) is 0 Å². The Morgan fingerprint density at radius 2 is 0.958 bits per heavy atom. The minimum absolute atomic E-state index is 0.0891. The number of aromatic amines is 2. The van der Waals surface area contributed by atoms with E-state index in [9.17, 15) is 9.59 Å². The molecule has 8 rings (SSSR count). The van der Waals surface area contributed by atoms with E-state index in [4.69, 9.17) is 19.4 Å². The molecule has 2 aromatic heterocycles. The molecule has 4 heterocycles. The molecule has 4 unspecified atom stereocenters. The van der Waals surface area contributed by atoms with E-state index >= 15 is 0 Å². The summed E-state index contributed by atoms with van der Waals surface area (Å²) in [5, 5.41) is 0. The molecule has 4 fully saturated rings. The Balaban J connectivity index is 0.935. The summed E-state index contributed by atoms with van der Waals surface area (Å²) in [4.78, 5) is 46.2. The number of aromatic nitrogens is 4. The van der Waals surface area contributed by atoms with Crippen molar-refractivity contribution in [1.82, 2.24) is 29.7 Å². The normalized spacial score (nSPS) is 25.9. The number of ether oxygens (including phenoxy) is 2. The molecule has 0 radical (unpaired) electrons. The Kier molecular flexibility index (Phi) is 7.02. The molecule has 2 aliphatic carbocycles. The lowest BCUT2D eigenvalue weighted by Crippen LogP contribution is -2.38. The lowest BCUT2D eigenvalue weighted by Gasteiger charge is -2.29. The highest BCUT2D eigenvalue weighted by molar-refractivity contribution is 5.73. The van der Waals surface area contributed by atoms with Crippen LogP contribution in [0.25, 0.3) is 33.6 Å². The molecule has 4 aromatic rings. The maximum Gasteiger partial charge on any atom is 0.411 e. The molecule has 2 saturated carbocycles. The van der Waals surface area contributed by atoms with Crippen molar-refractivity contribution in [1.29, 1.82) is 0 Å². The molecule has 250 valence electrons. The molecule has 0 spiro atoms. The predicted molar refractivity (Wildman–Crippen MR) is 182 cm³/mol. The number of nitrogens with zero attached hydrogens (tertiary/aromatic N) is 4. The van der Waals surface area contributed by atoms with Crippen LogP contribution in [0.15, 0.2) is 60.9 Å². The van der Waals surface area contributed by atoms with E-state index in [-0.39, 0.29) is 36.4 Å². The van der Waals surface area contributed by atoms with Gasteiger partial charge in [-0.15, -0.1) is 0 Å². The number of rotatable bonds is 5. The zero-order valence-corrected chi connectivity index (χ0v) is 28.5. The van der Waals surface area contributed by atoms with Gasteiger partial charge in [0.2, 0.25) is 0 Å². The standard InChI is InChI=1S/C38H44N6O4/c1-37(2,3)47-35(45)43-29-15-25(29)17-31(43)33-39-19-27(41-33)23-11-7-21(8-12-23)22-9-13-24(14-10-22)28-20-40-34(42-28)32-18-26-16-30(26)44(32)36(46)48-38(4,5)6/h7-14,19-20,25-26,29-32H,15-18H2,1-6H3,(H,39,41)(H,40,42)/t25?,26?,29-,30-,31?,32?/m0/s1. The summed E-state index contributed by atoms with van der Waals surface area (Å²) in [6.45, 7) is 11.4. The second-order valence-electron chi connectivity index (χ2n) is 15.9.